The van der Waals surface area contributed by atoms with Crippen molar-refractivity contribution in [2.75, 3.05) is 31.2 Å². The van der Waals surface area contributed by atoms with E-state index in [1.54, 1.807) is 17.0 Å². The summed E-state index contributed by atoms with van der Waals surface area (Å²) in [4.78, 5) is 32.5. The first kappa shape index (κ1) is 25.5. The number of rotatable bonds is 6. The molecular formula is C24H28F4N4O2. The topological polar surface area (TPSA) is 65.5 Å². The van der Waals surface area contributed by atoms with Crippen molar-refractivity contribution in [2.45, 2.75) is 33.4 Å². The van der Waals surface area contributed by atoms with Gasteiger partial charge in [0.2, 0.25) is 0 Å². The third kappa shape index (κ3) is 5.84. The molecular weight excluding hydrogens is 452 g/mol. The predicted molar refractivity (Wildman–Crippen MR) is 120 cm³/mol. The van der Waals surface area contributed by atoms with Crippen LogP contribution in [0.5, 0.6) is 0 Å². The van der Waals surface area contributed by atoms with Gasteiger partial charge in [-0.25, -0.2) is 9.37 Å². The number of alkyl halides is 3. The number of pyridine rings is 1. The molecule has 184 valence electrons. The number of hydrogen-bond donors (Lipinski definition) is 1. The van der Waals surface area contributed by atoms with Gasteiger partial charge in [-0.15, -0.1) is 0 Å². The van der Waals surface area contributed by atoms with Crippen LogP contribution in [0.15, 0.2) is 36.5 Å². The number of carbonyl (C=O) groups is 2. The van der Waals surface area contributed by atoms with E-state index in [2.05, 4.69) is 31.1 Å². The van der Waals surface area contributed by atoms with Gasteiger partial charge in [0, 0.05) is 25.8 Å². The Balaban J connectivity index is 1.70. The number of nitrogens with one attached hydrogen (secondary N) is 1. The van der Waals surface area contributed by atoms with Gasteiger partial charge >= 0.3 is 6.18 Å². The van der Waals surface area contributed by atoms with Crippen LogP contribution in [0.25, 0.3) is 0 Å². The van der Waals surface area contributed by atoms with E-state index in [4.69, 9.17) is 0 Å². The highest BCUT2D eigenvalue weighted by atomic mass is 19.4. The van der Waals surface area contributed by atoms with E-state index in [9.17, 15) is 27.2 Å². The molecule has 1 saturated heterocycles. The van der Waals surface area contributed by atoms with Crippen molar-refractivity contribution in [2.24, 2.45) is 11.8 Å². The number of hydrogen-bond acceptors (Lipinski definition) is 4. The summed E-state index contributed by atoms with van der Waals surface area (Å²) in [6, 6.07) is 6.02. The molecule has 1 atom stereocenters. The Hall–Kier alpha value is -3.17. The monoisotopic (exact) mass is 480 g/mol. The second kappa shape index (κ2) is 10.4. The molecule has 6 nitrogen and oxygen atoms in total. The van der Waals surface area contributed by atoms with E-state index < -0.39 is 29.0 Å². The Bertz CT molecular complexity index is 1020. The largest absolute Gasteiger partial charge is 0.420 e. The summed E-state index contributed by atoms with van der Waals surface area (Å²) < 4.78 is 54.0. The Morgan fingerprint density at radius 3 is 2.47 bits per heavy atom. The molecule has 1 aromatic heterocycles. The molecule has 2 heterocycles. The second-order valence-corrected chi connectivity index (χ2v) is 8.82. The fraction of sp³-hybridized carbons (Fsp3) is 0.458. The molecule has 0 spiro atoms. The molecule has 10 heteroatoms. The molecule has 1 unspecified atom stereocenters. The van der Waals surface area contributed by atoms with Crippen LogP contribution < -0.4 is 10.2 Å². The maximum absolute atomic E-state index is 13.9. The SMILES string of the molecule is CC(C)C(C)CNC(=O)c1ccc(N2CCCN(C(=O)c3cccc(F)c3C(F)(F)F)C2)nc1. The van der Waals surface area contributed by atoms with E-state index in [1.165, 1.54) is 11.1 Å². The molecule has 3 rings (SSSR count). The Kier molecular flexibility index (Phi) is 7.78. The summed E-state index contributed by atoms with van der Waals surface area (Å²) in [5, 5.41) is 2.87. The van der Waals surface area contributed by atoms with E-state index >= 15 is 0 Å². The van der Waals surface area contributed by atoms with Crippen LogP contribution in [0, 0.1) is 17.7 Å². The van der Waals surface area contributed by atoms with Gasteiger partial charge in [0.15, 0.2) is 0 Å². The van der Waals surface area contributed by atoms with Crippen LogP contribution in [-0.4, -0.2) is 48.0 Å². The normalized spacial score (nSPS) is 15.4. The van der Waals surface area contributed by atoms with Crippen LogP contribution in [0.1, 0.15) is 53.5 Å². The van der Waals surface area contributed by atoms with Gasteiger partial charge in [0.1, 0.15) is 17.2 Å². The highest BCUT2D eigenvalue weighted by Crippen LogP contribution is 2.35. The average molecular weight is 481 g/mol. The van der Waals surface area contributed by atoms with Crippen LogP contribution in [0.4, 0.5) is 23.4 Å². The lowest BCUT2D eigenvalue weighted by molar-refractivity contribution is -0.140. The zero-order chi connectivity index (χ0) is 25.0. The molecule has 1 aliphatic rings. The van der Waals surface area contributed by atoms with Crippen LogP contribution in [0.2, 0.25) is 0 Å². The van der Waals surface area contributed by atoms with Gasteiger partial charge in [0.25, 0.3) is 11.8 Å². The minimum Gasteiger partial charge on any atom is -0.352 e. The fourth-order valence-corrected chi connectivity index (χ4v) is 3.61. The lowest BCUT2D eigenvalue weighted by Crippen LogP contribution is -2.48. The standard InChI is InChI=1S/C24H28F4N4O2/c1-15(2)16(3)12-30-22(33)17-8-9-20(29-13-17)31-10-5-11-32(14-31)23(34)18-6-4-7-19(25)21(18)24(26,27)28/h4,6-9,13,15-16H,5,10-12,14H2,1-3H3,(H,30,33). The van der Waals surface area contributed by atoms with Gasteiger partial charge in [-0.1, -0.05) is 26.8 Å². The zero-order valence-electron chi connectivity index (χ0n) is 19.3. The van der Waals surface area contributed by atoms with Crippen molar-refractivity contribution < 1.29 is 27.2 Å². The van der Waals surface area contributed by atoms with Crippen LogP contribution in [-0.2, 0) is 6.18 Å². The quantitative estimate of drug-likeness (QED) is 0.616. The minimum atomic E-state index is -4.99. The predicted octanol–water partition coefficient (Wildman–Crippen LogP) is 4.57. The van der Waals surface area contributed by atoms with Crippen molar-refractivity contribution in [1.82, 2.24) is 15.2 Å². The summed E-state index contributed by atoms with van der Waals surface area (Å²) in [6.07, 6.45) is -3.06. The number of benzene rings is 1. The summed E-state index contributed by atoms with van der Waals surface area (Å²) in [5.74, 6) is -1.38. The number of aromatic nitrogens is 1. The Morgan fingerprint density at radius 2 is 1.85 bits per heavy atom. The van der Waals surface area contributed by atoms with Crippen molar-refractivity contribution in [3.05, 3.63) is 59.0 Å². The molecule has 2 amide bonds. The first-order valence-electron chi connectivity index (χ1n) is 11.1. The maximum atomic E-state index is 13.9. The molecule has 0 aliphatic carbocycles. The summed E-state index contributed by atoms with van der Waals surface area (Å²) >= 11 is 0. The molecule has 34 heavy (non-hydrogen) atoms. The summed E-state index contributed by atoms with van der Waals surface area (Å²) in [7, 11) is 0. The number of anilines is 1. The van der Waals surface area contributed by atoms with E-state index in [1.807, 2.05) is 0 Å². The lowest BCUT2D eigenvalue weighted by atomic mass is 9.98. The molecule has 1 aromatic carbocycles. The second-order valence-electron chi connectivity index (χ2n) is 8.82. The number of halogens is 4. The van der Waals surface area contributed by atoms with Crippen molar-refractivity contribution in [3.8, 4) is 0 Å². The van der Waals surface area contributed by atoms with Crippen molar-refractivity contribution in [1.29, 1.82) is 0 Å². The average Bonchev–Trinajstić information content (AvgIpc) is 2.81. The number of amides is 2. The Morgan fingerprint density at radius 1 is 1.12 bits per heavy atom. The highest BCUT2D eigenvalue weighted by molar-refractivity contribution is 5.96. The van der Waals surface area contributed by atoms with Crippen LogP contribution in [0.3, 0.4) is 0 Å². The van der Waals surface area contributed by atoms with Gasteiger partial charge in [-0.2, -0.15) is 13.2 Å². The molecule has 1 fully saturated rings. The maximum Gasteiger partial charge on any atom is 0.420 e. The lowest BCUT2D eigenvalue weighted by Gasteiger charge is -2.36. The zero-order valence-corrected chi connectivity index (χ0v) is 19.3. The molecule has 0 bridgehead atoms. The molecule has 2 aromatic rings. The molecule has 0 saturated carbocycles. The number of carbonyl (C=O) groups excluding carboxylic acids is 2. The fourth-order valence-electron chi connectivity index (χ4n) is 3.61. The van der Waals surface area contributed by atoms with E-state index in [0.717, 1.165) is 12.1 Å². The molecule has 0 radical (unpaired) electrons. The van der Waals surface area contributed by atoms with Gasteiger partial charge in [-0.05, 0) is 42.5 Å². The van der Waals surface area contributed by atoms with Crippen LogP contribution >= 0.6 is 0 Å². The van der Waals surface area contributed by atoms with E-state index in [-0.39, 0.29) is 19.1 Å². The molecule has 1 N–H and O–H groups in total. The van der Waals surface area contributed by atoms with Crippen molar-refractivity contribution in [3.63, 3.8) is 0 Å². The first-order chi connectivity index (χ1) is 16.0. The third-order valence-electron chi connectivity index (χ3n) is 6.07. The van der Waals surface area contributed by atoms with Gasteiger partial charge in [-0.3, -0.25) is 9.59 Å². The summed E-state index contributed by atoms with van der Waals surface area (Å²) in [5.41, 5.74) is -1.89. The Labute approximate surface area is 196 Å². The minimum absolute atomic E-state index is 0.00289. The third-order valence-corrected chi connectivity index (χ3v) is 6.07. The van der Waals surface area contributed by atoms with Gasteiger partial charge in [0.05, 0.1) is 17.8 Å². The van der Waals surface area contributed by atoms with Crippen molar-refractivity contribution >= 4 is 17.6 Å². The first-order valence-corrected chi connectivity index (χ1v) is 11.1. The van der Waals surface area contributed by atoms with E-state index in [0.29, 0.717) is 48.8 Å². The molecule has 1 aliphatic heterocycles. The van der Waals surface area contributed by atoms with Gasteiger partial charge < -0.3 is 15.1 Å². The summed E-state index contributed by atoms with van der Waals surface area (Å²) in [6.45, 7) is 7.52. The smallest absolute Gasteiger partial charge is 0.352 e. The highest BCUT2D eigenvalue weighted by Gasteiger charge is 2.39. The number of nitrogens with zero attached hydrogens (tertiary/aromatic N) is 3.